The molecule has 0 bridgehead atoms. The van der Waals surface area contributed by atoms with Gasteiger partial charge in [-0.25, -0.2) is 8.42 Å². The number of para-hydroxylation sites is 1. The van der Waals surface area contributed by atoms with Crippen molar-refractivity contribution in [2.75, 3.05) is 30.3 Å². The molecule has 0 unspecified atom stereocenters. The van der Waals surface area contributed by atoms with Gasteiger partial charge in [-0.05, 0) is 49.6 Å². The van der Waals surface area contributed by atoms with E-state index in [0.29, 0.717) is 36.0 Å². The fourth-order valence-electron chi connectivity index (χ4n) is 2.80. The van der Waals surface area contributed by atoms with Gasteiger partial charge in [0.15, 0.2) is 0 Å². The van der Waals surface area contributed by atoms with Crippen molar-refractivity contribution in [2.24, 2.45) is 0 Å². The molecule has 2 aromatic rings. The van der Waals surface area contributed by atoms with E-state index < -0.39 is 10.0 Å². The van der Waals surface area contributed by atoms with Crippen LogP contribution >= 0.6 is 11.6 Å². The number of nitrogens with zero attached hydrogens (tertiary/aromatic N) is 1. The maximum absolute atomic E-state index is 12.1. The average molecular weight is 439 g/mol. The second-order valence-electron chi connectivity index (χ2n) is 6.83. The summed E-state index contributed by atoms with van der Waals surface area (Å²) in [7, 11) is -3.43. The maximum atomic E-state index is 12.1. The minimum absolute atomic E-state index is 0.145. The lowest BCUT2D eigenvalue weighted by molar-refractivity contribution is -0.121. The Hall–Kier alpha value is -2.25. The monoisotopic (exact) mass is 438 g/mol. The predicted octanol–water partition coefficient (Wildman–Crippen LogP) is 3.70. The van der Waals surface area contributed by atoms with Crippen molar-refractivity contribution in [3.8, 4) is 5.75 Å². The second kappa shape index (κ2) is 10.5. The highest BCUT2D eigenvalue weighted by Crippen LogP contribution is 2.23. The number of anilines is 1. The Bertz CT molecular complexity index is 947. The largest absolute Gasteiger partial charge is 0.492 e. The minimum Gasteiger partial charge on any atom is -0.492 e. The second-order valence-corrected chi connectivity index (χ2v) is 9.15. The zero-order valence-corrected chi connectivity index (χ0v) is 18.5. The van der Waals surface area contributed by atoms with Crippen molar-refractivity contribution in [1.82, 2.24) is 5.32 Å². The van der Waals surface area contributed by atoms with Crippen LogP contribution in [0.5, 0.6) is 5.75 Å². The van der Waals surface area contributed by atoms with Gasteiger partial charge >= 0.3 is 0 Å². The number of nitrogens with one attached hydrogen (secondary N) is 1. The number of sulfonamides is 1. The van der Waals surface area contributed by atoms with E-state index in [1.54, 1.807) is 18.2 Å². The van der Waals surface area contributed by atoms with Crippen molar-refractivity contribution in [2.45, 2.75) is 26.7 Å². The summed E-state index contributed by atoms with van der Waals surface area (Å²) in [6.07, 6.45) is 1.82. The van der Waals surface area contributed by atoms with Gasteiger partial charge in [-0.1, -0.05) is 35.9 Å². The lowest BCUT2D eigenvalue weighted by Gasteiger charge is -2.24. The molecule has 0 aliphatic rings. The Kier molecular flexibility index (Phi) is 8.34. The van der Waals surface area contributed by atoms with Gasteiger partial charge in [0.05, 0.1) is 18.5 Å². The molecule has 8 heteroatoms. The molecule has 29 heavy (non-hydrogen) atoms. The number of amides is 1. The van der Waals surface area contributed by atoms with Crippen molar-refractivity contribution in [3.63, 3.8) is 0 Å². The summed E-state index contributed by atoms with van der Waals surface area (Å²) in [5.41, 5.74) is 2.48. The van der Waals surface area contributed by atoms with Crippen LogP contribution in [0.3, 0.4) is 0 Å². The van der Waals surface area contributed by atoms with Gasteiger partial charge < -0.3 is 10.1 Å². The van der Waals surface area contributed by atoms with E-state index in [2.05, 4.69) is 5.32 Å². The van der Waals surface area contributed by atoms with E-state index in [4.69, 9.17) is 16.3 Å². The highest BCUT2D eigenvalue weighted by molar-refractivity contribution is 7.92. The number of carbonyl (C=O) groups is 1. The quantitative estimate of drug-likeness (QED) is 0.574. The van der Waals surface area contributed by atoms with Crippen LogP contribution in [0.25, 0.3) is 0 Å². The molecule has 0 aliphatic carbocycles. The molecule has 0 radical (unpaired) electrons. The first-order valence-corrected chi connectivity index (χ1v) is 11.6. The van der Waals surface area contributed by atoms with E-state index in [9.17, 15) is 13.2 Å². The van der Waals surface area contributed by atoms with Crippen LogP contribution in [0.4, 0.5) is 5.69 Å². The molecule has 0 spiro atoms. The molecule has 0 aliphatic heterocycles. The van der Waals surface area contributed by atoms with Crippen molar-refractivity contribution < 1.29 is 17.9 Å². The summed E-state index contributed by atoms with van der Waals surface area (Å²) < 4.78 is 31.2. The SMILES string of the molecule is Cc1ccc(OCCNC(=O)CCCN(c2ccccc2C)S(C)(=O)=O)cc1Cl. The van der Waals surface area contributed by atoms with E-state index >= 15 is 0 Å². The Morgan fingerprint density at radius 2 is 1.86 bits per heavy atom. The summed E-state index contributed by atoms with van der Waals surface area (Å²) in [6, 6.07) is 12.7. The van der Waals surface area contributed by atoms with Gasteiger partial charge in [-0.15, -0.1) is 0 Å². The number of ether oxygens (including phenoxy) is 1. The van der Waals surface area contributed by atoms with E-state index in [0.717, 1.165) is 11.1 Å². The van der Waals surface area contributed by atoms with Crippen molar-refractivity contribution in [1.29, 1.82) is 0 Å². The molecule has 1 N–H and O–H groups in total. The van der Waals surface area contributed by atoms with Crippen LogP contribution in [0.15, 0.2) is 42.5 Å². The third-order valence-corrected chi connectivity index (χ3v) is 5.97. The smallest absolute Gasteiger partial charge is 0.232 e. The van der Waals surface area contributed by atoms with Crippen molar-refractivity contribution >= 4 is 33.2 Å². The summed E-state index contributed by atoms with van der Waals surface area (Å²) in [4.78, 5) is 12.0. The Morgan fingerprint density at radius 3 is 2.52 bits per heavy atom. The van der Waals surface area contributed by atoms with Gasteiger partial charge in [0, 0.05) is 18.0 Å². The molecule has 0 fully saturated rings. The maximum Gasteiger partial charge on any atom is 0.232 e. The first-order valence-electron chi connectivity index (χ1n) is 9.37. The molecule has 158 valence electrons. The molecular weight excluding hydrogens is 412 g/mol. The number of halogens is 1. The molecule has 0 heterocycles. The molecule has 0 aromatic heterocycles. The topological polar surface area (TPSA) is 75.7 Å². The Balaban J connectivity index is 1.76. The molecule has 2 aromatic carbocycles. The fraction of sp³-hybridized carbons (Fsp3) is 0.381. The summed E-state index contributed by atoms with van der Waals surface area (Å²) in [6.45, 7) is 4.70. The first kappa shape index (κ1) is 23.0. The molecule has 0 saturated carbocycles. The number of benzene rings is 2. The number of rotatable bonds is 10. The van der Waals surface area contributed by atoms with Crippen LogP contribution in [-0.4, -0.2) is 40.3 Å². The Labute approximate surface area is 177 Å². The number of aryl methyl sites for hydroxylation is 2. The third kappa shape index (κ3) is 7.25. The summed E-state index contributed by atoms with van der Waals surface area (Å²) >= 11 is 6.05. The standard InChI is InChI=1S/C21H27ClN2O4S/c1-16-10-11-18(15-19(16)22)28-14-12-23-21(25)9-6-13-24(29(3,26)27)20-8-5-4-7-17(20)2/h4-5,7-8,10-11,15H,6,9,12-14H2,1-3H3,(H,23,25). The molecule has 1 amide bonds. The fourth-order valence-corrected chi connectivity index (χ4v) is 4.00. The van der Waals surface area contributed by atoms with Crippen LogP contribution in [0.1, 0.15) is 24.0 Å². The van der Waals surface area contributed by atoms with Gasteiger partial charge in [0.2, 0.25) is 15.9 Å². The van der Waals surface area contributed by atoms with E-state index in [1.807, 2.05) is 38.1 Å². The van der Waals surface area contributed by atoms with Gasteiger partial charge in [0.25, 0.3) is 0 Å². The molecule has 2 rings (SSSR count). The van der Waals surface area contributed by atoms with Crippen LogP contribution in [-0.2, 0) is 14.8 Å². The molecule has 6 nitrogen and oxygen atoms in total. The van der Waals surface area contributed by atoms with Crippen LogP contribution in [0.2, 0.25) is 5.02 Å². The molecular formula is C21H27ClN2O4S. The molecule has 0 saturated heterocycles. The lowest BCUT2D eigenvalue weighted by atomic mass is 10.2. The zero-order chi connectivity index (χ0) is 21.4. The highest BCUT2D eigenvalue weighted by atomic mass is 35.5. The predicted molar refractivity (Wildman–Crippen MR) is 117 cm³/mol. The third-order valence-electron chi connectivity index (χ3n) is 4.39. The number of hydrogen-bond acceptors (Lipinski definition) is 4. The van der Waals surface area contributed by atoms with Gasteiger partial charge in [-0.3, -0.25) is 9.10 Å². The van der Waals surface area contributed by atoms with Crippen molar-refractivity contribution in [3.05, 3.63) is 58.6 Å². The normalized spacial score (nSPS) is 11.2. The Morgan fingerprint density at radius 1 is 1.14 bits per heavy atom. The van der Waals surface area contributed by atoms with Gasteiger partial charge in [0.1, 0.15) is 12.4 Å². The average Bonchev–Trinajstić information content (AvgIpc) is 2.65. The van der Waals surface area contributed by atoms with Crippen LogP contribution in [0, 0.1) is 13.8 Å². The summed E-state index contributed by atoms with van der Waals surface area (Å²) in [5.74, 6) is 0.505. The summed E-state index contributed by atoms with van der Waals surface area (Å²) in [5, 5.41) is 3.41. The van der Waals surface area contributed by atoms with Gasteiger partial charge in [-0.2, -0.15) is 0 Å². The minimum atomic E-state index is -3.43. The number of carbonyl (C=O) groups excluding carboxylic acids is 1. The van der Waals surface area contributed by atoms with Crippen LogP contribution < -0.4 is 14.4 Å². The zero-order valence-electron chi connectivity index (χ0n) is 16.9. The number of hydrogen-bond donors (Lipinski definition) is 1. The van der Waals surface area contributed by atoms with E-state index in [-0.39, 0.29) is 18.9 Å². The van der Waals surface area contributed by atoms with E-state index in [1.165, 1.54) is 10.6 Å². The lowest BCUT2D eigenvalue weighted by Crippen LogP contribution is -2.33. The molecule has 0 atom stereocenters. The first-order chi connectivity index (χ1) is 13.7. The highest BCUT2D eigenvalue weighted by Gasteiger charge is 2.18.